The third kappa shape index (κ3) is 3.86. The Kier molecular flexibility index (Phi) is 5.18. The average molecular weight is 394 g/mol. The number of thiophene rings is 2. The van der Waals surface area contributed by atoms with Crippen LogP contribution in [0.4, 0.5) is 0 Å². The van der Waals surface area contributed by atoms with Gasteiger partial charge in [-0.05, 0) is 41.9 Å². The van der Waals surface area contributed by atoms with Crippen LogP contribution in [-0.2, 0) is 13.1 Å². The SMILES string of the molecule is Cc1c(C(=O)N(Cc2cccs2)Cc2cccs2)cnn1-c1ccccc1. The van der Waals surface area contributed by atoms with Gasteiger partial charge in [0.25, 0.3) is 5.91 Å². The number of hydrogen-bond donors (Lipinski definition) is 0. The van der Waals surface area contributed by atoms with Crippen LogP contribution in [0.2, 0.25) is 0 Å². The Morgan fingerprint density at radius 2 is 1.59 bits per heavy atom. The Bertz CT molecular complexity index is 969. The fourth-order valence-corrected chi connectivity index (χ4v) is 4.44. The molecule has 0 aliphatic carbocycles. The molecular weight excluding hydrogens is 374 g/mol. The third-order valence-electron chi connectivity index (χ3n) is 4.38. The van der Waals surface area contributed by atoms with Gasteiger partial charge >= 0.3 is 0 Å². The van der Waals surface area contributed by atoms with Gasteiger partial charge in [0.05, 0.1) is 36.2 Å². The van der Waals surface area contributed by atoms with Crippen LogP contribution in [0.15, 0.2) is 71.6 Å². The highest BCUT2D eigenvalue weighted by Crippen LogP contribution is 2.21. The highest BCUT2D eigenvalue weighted by atomic mass is 32.1. The fraction of sp³-hybridized carbons (Fsp3) is 0.143. The number of nitrogens with zero attached hydrogens (tertiary/aromatic N) is 3. The summed E-state index contributed by atoms with van der Waals surface area (Å²) in [6.45, 7) is 3.15. The van der Waals surface area contributed by atoms with Crippen molar-refractivity contribution in [3.63, 3.8) is 0 Å². The average Bonchev–Trinajstić information content (AvgIpc) is 3.44. The minimum atomic E-state index is 0.0106. The summed E-state index contributed by atoms with van der Waals surface area (Å²) >= 11 is 3.34. The van der Waals surface area contributed by atoms with Crippen molar-refractivity contribution in [3.05, 3.63) is 92.6 Å². The lowest BCUT2D eigenvalue weighted by Crippen LogP contribution is -2.29. The van der Waals surface area contributed by atoms with E-state index in [2.05, 4.69) is 17.2 Å². The van der Waals surface area contributed by atoms with Gasteiger partial charge in [0.15, 0.2) is 0 Å². The zero-order valence-electron chi connectivity index (χ0n) is 14.9. The second kappa shape index (κ2) is 7.90. The van der Waals surface area contributed by atoms with Crippen molar-refractivity contribution in [2.75, 3.05) is 0 Å². The molecule has 0 saturated carbocycles. The molecule has 0 N–H and O–H groups in total. The second-order valence-corrected chi connectivity index (χ2v) is 8.28. The van der Waals surface area contributed by atoms with E-state index in [0.717, 1.165) is 11.4 Å². The van der Waals surface area contributed by atoms with Crippen molar-refractivity contribution in [3.8, 4) is 5.69 Å². The van der Waals surface area contributed by atoms with Gasteiger partial charge < -0.3 is 4.90 Å². The van der Waals surface area contributed by atoms with Gasteiger partial charge in [-0.1, -0.05) is 30.3 Å². The van der Waals surface area contributed by atoms with E-state index >= 15 is 0 Å². The van der Waals surface area contributed by atoms with E-state index in [4.69, 9.17) is 0 Å². The molecule has 0 saturated heterocycles. The molecule has 0 radical (unpaired) electrons. The van der Waals surface area contributed by atoms with E-state index in [1.165, 1.54) is 9.75 Å². The zero-order chi connectivity index (χ0) is 18.6. The molecule has 3 heterocycles. The first-order valence-electron chi connectivity index (χ1n) is 8.66. The fourth-order valence-electron chi connectivity index (χ4n) is 3.00. The van der Waals surface area contributed by atoms with Gasteiger partial charge in [-0.25, -0.2) is 4.68 Å². The largest absolute Gasteiger partial charge is 0.328 e. The lowest BCUT2D eigenvalue weighted by Gasteiger charge is -2.21. The van der Waals surface area contributed by atoms with Crippen molar-refractivity contribution in [2.24, 2.45) is 0 Å². The molecule has 0 atom stereocenters. The van der Waals surface area contributed by atoms with Crippen LogP contribution in [-0.4, -0.2) is 20.6 Å². The lowest BCUT2D eigenvalue weighted by atomic mass is 10.2. The molecule has 0 aliphatic rings. The summed E-state index contributed by atoms with van der Waals surface area (Å²) in [4.78, 5) is 17.6. The summed E-state index contributed by atoms with van der Waals surface area (Å²) in [6.07, 6.45) is 1.68. The first-order valence-corrected chi connectivity index (χ1v) is 10.4. The van der Waals surface area contributed by atoms with Gasteiger partial charge in [0.1, 0.15) is 0 Å². The van der Waals surface area contributed by atoms with Crippen LogP contribution >= 0.6 is 22.7 Å². The molecule has 0 fully saturated rings. The minimum absolute atomic E-state index is 0.0106. The molecule has 0 aliphatic heterocycles. The summed E-state index contributed by atoms with van der Waals surface area (Å²) in [5.41, 5.74) is 2.46. The molecule has 27 heavy (non-hydrogen) atoms. The number of benzene rings is 1. The van der Waals surface area contributed by atoms with Gasteiger partial charge in [0.2, 0.25) is 0 Å². The van der Waals surface area contributed by atoms with Crippen LogP contribution in [0.1, 0.15) is 25.8 Å². The monoisotopic (exact) mass is 393 g/mol. The molecule has 3 aromatic heterocycles. The van der Waals surface area contributed by atoms with Gasteiger partial charge in [-0.2, -0.15) is 5.10 Å². The molecule has 1 aromatic carbocycles. The van der Waals surface area contributed by atoms with Gasteiger partial charge in [0, 0.05) is 9.75 Å². The Hall–Kier alpha value is -2.70. The van der Waals surface area contributed by atoms with Crippen LogP contribution in [0.25, 0.3) is 5.69 Å². The number of carbonyl (C=O) groups excluding carboxylic acids is 1. The predicted octanol–water partition coefficient (Wildman–Crippen LogP) is 5.15. The van der Waals surface area contributed by atoms with E-state index < -0.39 is 0 Å². The Morgan fingerprint density at radius 1 is 0.963 bits per heavy atom. The highest BCUT2D eigenvalue weighted by Gasteiger charge is 2.22. The van der Waals surface area contributed by atoms with E-state index in [1.54, 1.807) is 28.9 Å². The van der Waals surface area contributed by atoms with Gasteiger partial charge in [-0.3, -0.25) is 4.79 Å². The first-order chi connectivity index (χ1) is 13.2. The summed E-state index contributed by atoms with van der Waals surface area (Å²) in [5, 5.41) is 8.54. The minimum Gasteiger partial charge on any atom is -0.328 e. The maximum absolute atomic E-state index is 13.3. The zero-order valence-corrected chi connectivity index (χ0v) is 16.5. The van der Waals surface area contributed by atoms with Crippen LogP contribution in [0.3, 0.4) is 0 Å². The van der Waals surface area contributed by atoms with Crippen molar-refractivity contribution in [1.82, 2.24) is 14.7 Å². The molecule has 0 unspecified atom stereocenters. The molecule has 6 heteroatoms. The number of hydrogen-bond acceptors (Lipinski definition) is 4. The topological polar surface area (TPSA) is 38.1 Å². The smallest absolute Gasteiger partial charge is 0.257 e. The predicted molar refractivity (Wildman–Crippen MR) is 111 cm³/mol. The van der Waals surface area contributed by atoms with Crippen LogP contribution in [0.5, 0.6) is 0 Å². The standard InChI is InChI=1S/C21H19N3OS2/c1-16-20(13-22-24(16)17-7-3-2-4-8-17)21(25)23(14-18-9-5-11-26-18)15-19-10-6-12-27-19/h2-13H,14-15H2,1H3. The van der Waals surface area contributed by atoms with E-state index in [1.807, 2.05) is 69.7 Å². The molecule has 136 valence electrons. The maximum Gasteiger partial charge on any atom is 0.257 e. The third-order valence-corrected chi connectivity index (χ3v) is 6.10. The molecule has 0 spiro atoms. The number of carbonyl (C=O) groups is 1. The van der Waals surface area contributed by atoms with Crippen molar-refractivity contribution >= 4 is 28.6 Å². The van der Waals surface area contributed by atoms with Crippen LogP contribution in [0, 0.1) is 6.92 Å². The number of aromatic nitrogens is 2. The molecule has 4 aromatic rings. The maximum atomic E-state index is 13.3. The van der Waals surface area contributed by atoms with E-state index in [-0.39, 0.29) is 5.91 Å². The summed E-state index contributed by atoms with van der Waals surface area (Å²) in [6, 6.07) is 18.1. The Labute approximate surface area is 166 Å². The highest BCUT2D eigenvalue weighted by molar-refractivity contribution is 7.10. The number of amides is 1. The molecule has 4 rings (SSSR count). The van der Waals surface area contributed by atoms with Gasteiger partial charge in [-0.15, -0.1) is 22.7 Å². The first kappa shape index (κ1) is 17.7. The van der Waals surface area contributed by atoms with E-state index in [9.17, 15) is 4.79 Å². The summed E-state index contributed by atoms with van der Waals surface area (Å²) < 4.78 is 1.82. The molecular formula is C21H19N3OS2. The van der Waals surface area contributed by atoms with E-state index in [0.29, 0.717) is 18.7 Å². The normalized spacial score (nSPS) is 10.9. The quantitative estimate of drug-likeness (QED) is 0.454. The molecule has 1 amide bonds. The van der Waals surface area contributed by atoms with Crippen molar-refractivity contribution in [1.29, 1.82) is 0 Å². The molecule has 4 nitrogen and oxygen atoms in total. The van der Waals surface area contributed by atoms with Crippen LogP contribution < -0.4 is 0 Å². The van der Waals surface area contributed by atoms with Crippen molar-refractivity contribution < 1.29 is 4.79 Å². The Balaban J connectivity index is 1.64. The second-order valence-electron chi connectivity index (χ2n) is 6.21. The number of para-hydroxylation sites is 1. The lowest BCUT2D eigenvalue weighted by molar-refractivity contribution is 0.0733. The summed E-state index contributed by atoms with van der Waals surface area (Å²) in [7, 11) is 0. The Morgan fingerprint density at radius 3 is 2.15 bits per heavy atom. The van der Waals surface area contributed by atoms with Crippen molar-refractivity contribution in [2.45, 2.75) is 20.0 Å². The summed E-state index contributed by atoms with van der Waals surface area (Å²) in [5.74, 6) is 0.0106. The molecule has 0 bridgehead atoms. The number of rotatable bonds is 6.